The molecule has 0 atom stereocenters. The van der Waals surface area contributed by atoms with Crippen molar-refractivity contribution in [1.29, 1.82) is 5.26 Å². The van der Waals surface area contributed by atoms with Crippen molar-refractivity contribution in [3.8, 4) is 6.07 Å². The second kappa shape index (κ2) is 2.25. The van der Waals surface area contributed by atoms with Crippen LogP contribution in [0.4, 0.5) is 0 Å². The predicted molar refractivity (Wildman–Crippen MR) is 43.7 cm³/mol. The van der Waals surface area contributed by atoms with Crippen LogP contribution in [-0.4, -0.2) is 0 Å². The van der Waals surface area contributed by atoms with Crippen molar-refractivity contribution in [3.05, 3.63) is 41.0 Å². The highest BCUT2D eigenvalue weighted by atomic mass is 14.3. The second-order valence-electron chi connectivity index (χ2n) is 2.66. The molecule has 1 aromatic rings. The summed E-state index contributed by atoms with van der Waals surface area (Å²) in [6.07, 6.45) is 2.77. The number of nitrogens with zero attached hydrogens (tertiary/aromatic N) is 1. The monoisotopic (exact) mass is 141 g/mol. The summed E-state index contributed by atoms with van der Waals surface area (Å²) in [5, 5.41) is 8.62. The first-order valence-electron chi connectivity index (χ1n) is 3.59. The third-order valence-corrected chi connectivity index (χ3v) is 1.91. The zero-order valence-corrected chi connectivity index (χ0v) is 6.04. The average molecular weight is 141 g/mol. The van der Waals surface area contributed by atoms with Gasteiger partial charge in [0.05, 0.1) is 6.07 Å². The maximum absolute atomic E-state index is 8.62. The van der Waals surface area contributed by atoms with E-state index in [9.17, 15) is 0 Å². The first kappa shape index (κ1) is 6.18. The lowest BCUT2D eigenvalue weighted by atomic mass is 10.1. The Morgan fingerprint density at radius 3 is 2.82 bits per heavy atom. The maximum atomic E-state index is 8.62. The molecule has 1 heteroatoms. The third-order valence-electron chi connectivity index (χ3n) is 1.91. The van der Waals surface area contributed by atoms with Crippen LogP contribution in [0.25, 0.3) is 6.08 Å². The lowest BCUT2D eigenvalue weighted by molar-refractivity contribution is 1.25. The van der Waals surface area contributed by atoms with Crippen molar-refractivity contribution in [2.45, 2.75) is 6.42 Å². The Morgan fingerprint density at radius 1 is 1.27 bits per heavy atom. The van der Waals surface area contributed by atoms with Crippen molar-refractivity contribution in [2.75, 3.05) is 0 Å². The number of hydrogen-bond donors (Lipinski definition) is 0. The smallest absolute Gasteiger partial charge is 0.0950 e. The summed E-state index contributed by atoms with van der Waals surface area (Å²) in [7, 11) is 0. The van der Waals surface area contributed by atoms with Gasteiger partial charge < -0.3 is 0 Å². The molecule has 0 saturated heterocycles. The number of fused-ring (bicyclic) bond motifs is 1. The number of hydrogen-bond acceptors (Lipinski definition) is 1. The van der Waals surface area contributed by atoms with E-state index < -0.39 is 0 Å². The largest absolute Gasteiger partial charge is 0.193 e. The molecule has 11 heavy (non-hydrogen) atoms. The van der Waals surface area contributed by atoms with Crippen LogP contribution < -0.4 is 0 Å². The van der Waals surface area contributed by atoms with E-state index in [1.54, 1.807) is 0 Å². The lowest BCUT2D eigenvalue weighted by Crippen LogP contribution is -1.80. The molecule has 0 saturated carbocycles. The molecule has 1 aliphatic rings. The van der Waals surface area contributed by atoms with Gasteiger partial charge in [0.15, 0.2) is 0 Å². The molecule has 0 spiro atoms. The van der Waals surface area contributed by atoms with Crippen molar-refractivity contribution in [1.82, 2.24) is 0 Å². The molecule has 2 rings (SSSR count). The van der Waals surface area contributed by atoms with Crippen molar-refractivity contribution >= 4 is 6.08 Å². The average Bonchev–Trinajstić information content (AvgIpc) is 2.46. The van der Waals surface area contributed by atoms with Crippen molar-refractivity contribution < 1.29 is 0 Å². The highest BCUT2D eigenvalue weighted by molar-refractivity contribution is 5.66. The summed E-state index contributed by atoms with van der Waals surface area (Å²) in [5.74, 6) is 0. The number of rotatable bonds is 0. The fraction of sp³-hybridized carbons (Fsp3) is 0.100. The van der Waals surface area contributed by atoms with Gasteiger partial charge >= 0.3 is 0 Å². The Kier molecular flexibility index (Phi) is 1.26. The summed E-state index contributed by atoms with van der Waals surface area (Å²) in [4.78, 5) is 0. The Bertz CT molecular complexity index is 355. The molecule has 0 fully saturated rings. The zero-order chi connectivity index (χ0) is 7.68. The lowest BCUT2D eigenvalue weighted by Gasteiger charge is -1.93. The minimum atomic E-state index is 0.812. The molecule has 0 aromatic heterocycles. The molecule has 52 valence electrons. The van der Waals surface area contributed by atoms with Gasteiger partial charge in [0.1, 0.15) is 0 Å². The van der Waals surface area contributed by atoms with E-state index in [-0.39, 0.29) is 0 Å². The number of benzene rings is 1. The van der Waals surface area contributed by atoms with Crippen LogP contribution in [0.3, 0.4) is 0 Å². The zero-order valence-electron chi connectivity index (χ0n) is 6.04. The van der Waals surface area contributed by atoms with Crippen LogP contribution in [0.5, 0.6) is 0 Å². The third kappa shape index (κ3) is 0.929. The summed E-state index contributed by atoms with van der Waals surface area (Å²) in [6.45, 7) is 0. The van der Waals surface area contributed by atoms with Crippen molar-refractivity contribution in [2.24, 2.45) is 0 Å². The molecule has 0 aliphatic heterocycles. The molecule has 0 unspecified atom stereocenters. The molecule has 0 amide bonds. The Morgan fingerprint density at radius 2 is 2.09 bits per heavy atom. The first-order chi connectivity index (χ1) is 5.40. The molecule has 0 heterocycles. The highest BCUT2D eigenvalue weighted by Gasteiger charge is 2.09. The van der Waals surface area contributed by atoms with E-state index >= 15 is 0 Å². The quantitative estimate of drug-likeness (QED) is 0.543. The molecule has 0 bridgehead atoms. The van der Waals surface area contributed by atoms with Crippen LogP contribution in [0.15, 0.2) is 29.8 Å². The second-order valence-corrected chi connectivity index (χ2v) is 2.66. The molecule has 0 N–H and O–H groups in total. The van der Waals surface area contributed by atoms with Gasteiger partial charge in [0, 0.05) is 12.0 Å². The van der Waals surface area contributed by atoms with Gasteiger partial charge in [-0.1, -0.05) is 24.3 Å². The standard InChI is InChI=1S/C10H7N/c11-7-8-5-9-3-1-2-4-10(9)6-8/h1-5H,6H2. The van der Waals surface area contributed by atoms with Crippen LogP contribution in [-0.2, 0) is 6.42 Å². The molecule has 1 aliphatic carbocycles. The van der Waals surface area contributed by atoms with E-state index in [0.717, 1.165) is 12.0 Å². The van der Waals surface area contributed by atoms with Gasteiger partial charge in [0.25, 0.3) is 0 Å². The van der Waals surface area contributed by atoms with E-state index in [4.69, 9.17) is 5.26 Å². The summed E-state index contributed by atoms with van der Waals surface area (Å²) >= 11 is 0. The Hall–Kier alpha value is -1.55. The molecule has 0 radical (unpaired) electrons. The predicted octanol–water partition coefficient (Wildman–Crippen LogP) is 2.15. The summed E-state index contributed by atoms with van der Waals surface area (Å²) in [6, 6.07) is 10.3. The highest BCUT2D eigenvalue weighted by Crippen LogP contribution is 2.23. The molecular weight excluding hydrogens is 134 g/mol. The summed E-state index contributed by atoms with van der Waals surface area (Å²) in [5.41, 5.74) is 3.33. The van der Waals surface area contributed by atoms with Crippen LogP contribution >= 0.6 is 0 Å². The van der Waals surface area contributed by atoms with Crippen LogP contribution in [0.1, 0.15) is 11.1 Å². The number of allylic oxidation sites excluding steroid dienone is 1. The maximum Gasteiger partial charge on any atom is 0.0950 e. The molecule has 1 aromatic carbocycles. The SMILES string of the molecule is N#CC1=Cc2ccccc2C1. The Balaban J connectivity index is 2.49. The van der Waals surface area contributed by atoms with Gasteiger partial charge in [-0.25, -0.2) is 0 Å². The van der Waals surface area contributed by atoms with Gasteiger partial charge in [0.2, 0.25) is 0 Å². The van der Waals surface area contributed by atoms with E-state index in [2.05, 4.69) is 12.1 Å². The summed E-state index contributed by atoms with van der Waals surface area (Å²) < 4.78 is 0. The minimum Gasteiger partial charge on any atom is -0.193 e. The minimum absolute atomic E-state index is 0.812. The van der Waals surface area contributed by atoms with Gasteiger partial charge in [-0.2, -0.15) is 5.26 Å². The van der Waals surface area contributed by atoms with E-state index in [1.807, 2.05) is 24.3 Å². The van der Waals surface area contributed by atoms with Gasteiger partial charge in [-0.3, -0.25) is 0 Å². The van der Waals surface area contributed by atoms with Gasteiger partial charge in [-0.05, 0) is 17.2 Å². The normalized spacial score (nSPS) is 13.5. The van der Waals surface area contributed by atoms with Crippen LogP contribution in [0, 0.1) is 11.3 Å². The van der Waals surface area contributed by atoms with Crippen molar-refractivity contribution in [3.63, 3.8) is 0 Å². The van der Waals surface area contributed by atoms with Crippen LogP contribution in [0.2, 0.25) is 0 Å². The fourth-order valence-electron chi connectivity index (χ4n) is 1.35. The molecular formula is C10H7N. The molecule has 1 nitrogen and oxygen atoms in total. The fourth-order valence-corrected chi connectivity index (χ4v) is 1.35. The van der Waals surface area contributed by atoms with E-state index in [0.29, 0.717) is 0 Å². The first-order valence-corrected chi connectivity index (χ1v) is 3.59. The Labute approximate surface area is 65.6 Å². The van der Waals surface area contributed by atoms with Gasteiger partial charge in [-0.15, -0.1) is 0 Å². The number of nitriles is 1. The topological polar surface area (TPSA) is 23.8 Å². The van der Waals surface area contributed by atoms with E-state index in [1.165, 1.54) is 11.1 Å².